The molecular formula is C19H21N3O3. The smallest absolute Gasteiger partial charge is 0.251 e. The van der Waals surface area contributed by atoms with Gasteiger partial charge in [0.25, 0.3) is 5.91 Å². The molecule has 1 aromatic carbocycles. The number of benzene rings is 1. The second kappa shape index (κ2) is 8.28. The first-order valence-electron chi connectivity index (χ1n) is 8.40. The zero-order valence-electron chi connectivity index (χ0n) is 13.9. The van der Waals surface area contributed by atoms with Crippen LogP contribution in [0.25, 0.3) is 0 Å². The van der Waals surface area contributed by atoms with Crippen molar-refractivity contribution >= 4 is 11.8 Å². The number of pyridine rings is 1. The summed E-state index contributed by atoms with van der Waals surface area (Å²) in [6.45, 7) is 1.22. The first-order chi connectivity index (χ1) is 12.2. The van der Waals surface area contributed by atoms with Crippen LogP contribution in [0.3, 0.4) is 0 Å². The molecule has 1 aliphatic heterocycles. The van der Waals surface area contributed by atoms with Crippen LogP contribution in [0.1, 0.15) is 23.2 Å². The molecule has 2 aromatic rings. The molecule has 1 aromatic heterocycles. The van der Waals surface area contributed by atoms with Gasteiger partial charge in [0, 0.05) is 24.5 Å². The van der Waals surface area contributed by atoms with Gasteiger partial charge in [0.05, 0.1) is 13.1 Å². The predicted octanol–water partition coefficient (Wildman–Crippen LogP) is 1.88. The highest BCUT2D eigenvalue weighted by Crippen LogP contribution is 2.17. The lowest BCUT2D eigenvalue weighted by Crippen LogP contribution is -2.48. The molecule has 0 saturated carbocycles. The molecule has 2 amide bonds. The SMILES string of the molecule is O=C(NCC(=O)N1CCC[C@H](Oc2ccncc2)C1)c1ccccc1. The first-order valence-corrected chi connectivity index (χ1v) is 8.40. The summed E-state index contributed by atoms with van der Waals surface area (Å²) in [5, 5.41) is 2.68. The number of hydrogen-bond donors (Lipinski definition) is 1. The van der Waals surface area contributed by atoms with Gasteiger partial charge in [-0.1, -0.05) is 18.2 Å². The quantitative estimate of drug-likeness (QED) is 0.903. The third-order valence-electron chi connectivity index (χ3n) is 4.12. The van der Waals surface area contributed by atoms with Gasteiger partial charge in [0.15, 0.2) is 0 Å². The third kappa shape index (κ3) is 4.79. The Balaban J connectivity index is 1.49. The highest BCUT2D eigenvalue weighted by molar-refractivity contribution is 5.96. The second-order valence-electron chi connectivity index (χ2n) is 5.95. The van der Waals surface area contributed by atoms with Crippen LogP contribution in [0.15, 0.2) is 54.9 Å². The van der Waals surface area contributed by atoms with E-state index in [0.29, 0.717) is 18.7 Å². The Hall–Kier alpha value is -2.89. The van der Waals surface area contributed by atoms with Crippen molar-refractivity contribution in [2.45, 2.75) is 18.9 Å². The Morgan fingerprint density at radius 3 is 2.68 bits per heavy atom. The Bertz CT molecular complexity index is 706. The molecule has 0 radical (unpaired) electrons. The zero-order chi connectivity index (χ0) is 17.5. The van der Waals surface area contributed by atoms with E-state index in [-0.39, 0.29) is 24.5 Å². The first kappa shape index (κ1) is 17.0. The molecule has 1 aliphatic rings. The van der Waals surface area contributed by atoms with E-state index in [2.05, 4.69) is 10.3 Å². The Morgan fingerprint density at radius 2 is 1.92 bits per heavy atom. The summed E-state index contributed by atoms with van der Waals surface area (Å²) in [6, 6.07) is 12.5. The summed E-state index contributed by atoms with van der Waals surface area (Å²) < 4.78 is 5.91. The molecule has 25 heavy (non-hydrogen) atoms. The fourth-order valence-electron chi connectivity index (χ4n) is 2.83. The number of ether oxygens (including phenoxy) is 1. The van der Waals surface area contributed by atoms with Crippen LogP contribution in [0.5, 0.6) is 5.75 Å². The molecule has 1 N–H and O–H groups in total. The highest BCUT2D eigenvalue weighted by Gasteiger charge is 2.25. The standard InChI is InChI=1S/C19H21N3O3/c23-18(13-21-19(24)15-5-2-1-3-6-15)22-12-4-7-17(14-22)25-16-8-10-20-11-9-16/h1-3,5-6,8-11,17H,4,7,12-14H2,(H,21,24)/t17-/m0/s1. The minimum absolute atomic E-state index is 0.00426. The molecule has 2 heterocycles. The Labute approximate surface area is 146 Å². The second-order valence-corrected chi connectivity index (χ2v) is 5.95. The van der Waals surface area contributed by atoms with E-state index in [4.69, 9.17) is 4.74 Å². The number of carbonyl (C=O) groups is 2. The number of hydrogen-bond acceptors (Lipinski definition) is 4. The highest BCUT2D eigenvalue weighted by atomic mass is 16.5. The molecular weight excluding hydrogens is 318 g/mol. The van der Waals surface area contributed by atoms with Crippen molar-refractivity contribution in [3.05, 3.63) is 60.4 Å². The van der Waals surface area contributed by atoms with Gasteiger partial charge in [-0.25, -0.2) is 0 Å². The maximum Gasteiger partial charge on any atom is 0.251 e. The van der Waals surface area contributed by atoms with Crippen LogP contribution in [0, 0.1) is 0 Å². The van der Waals surface area contributed by atoms with E-state index in [1.54, 1.807) is 53.7 Å². The van der Waals surface area contributed by atoms with Gasteiger partial charge in [-0.05, 0) is 37.1 Å². The topological polar surface area (TPSA) is 71.5 Å². The van der Waals surface area contributed by atoms with Gasteiger partial charge in [-0.3, -0.25) is 14.6 Å². The van der Waals surface area contributed by atoms with Gasteiger partial charge >= 0.3 is 0 Å². The van der Waals surface area contributed by atoms with Gasteiger partial charge < -0.3 is 15.0 Å². The summed E-state index contributed by atoms with van der Waals surface area (Å²) in [4.78, 5) is 30.1. The lowest BCUT2D eigenvalue weighted by Gasteiger charge is -2.33. The molecule has 0 bridgehead atoms. The number of likely N-dealkylation sites (tertiary alicyclic amines) is 1. The fourth-order valence-corrected chi connectivity index (χ4v) is 2.83. The number of nitrogens with zero attached hydrogens (tertiary/aromatic N) is 2. The minimum atomic E-state index is -0.240. The van der Waals surface area contributed by atoms with E-state index in [1.165, 1.54) is 0 Å². The van der Waals surface area contributed by atoms with Crippen LogP contribution in [0.2, 0.25) is 0 Å². The molecule has 0 aliphatic carbocycles. The summed E-state index contributed by atoms with van der Waals surface area (Å²) in [5.74, 6) is 0.425. The van der Waals surface area contributed by atoms with E-state index in [1.807, 2.05) is 6.07 Å². The van der Waals surface area contributed by atoms with Gasteiger partial charge in [-0.15, -0.1) is 0 Å². The average molecular weight is 339 g/mol. The number of piperidine rings is 1. The predicted molar refractivity (Wildman–Crippen MR) is 93.2 cm³/mol. The summed E-state index contributed by atoms with van der Waals surface area (Å²) in [5.41, 5.74) is 0.549. The van der Waals surface area contributed by atoms with Crippen molar-refractivity contribution in [1.82, 2.24) is 15.2 Å². The molecule has 1 fully saturated rings. The average Bonchev–Trinajstić information content (AvgIpc) is 2.67. The lowest BCUT2D eigenvalue weighted by molar-refractivity contribution is -0.132. The maximum atomic E-state index is 12.4. The third-order valence-corrected chi connectivity index (χ3v) is 4.12. The number of amides is 2. The Morgan fingerprint density at radius 1 is 1.16 bits per heavy atom. The molecule has 6 heteroatoms. The zero-order valence-corrected chi connectivity index (χ0v) is 13.9. The van der Waals surface area contributed by atoms with Gasteiger partial charge in [0.1, 0.15) is 11.9 Å². The summed E-state index contributed by atoms with van der Waals surface area (Å²) in [7, 11) is 0. The van der Waals surface area contributed by atoms with E-state index in [0.717, 1.165) is 18.6 Å². The summed E-state index contributed by atoms with van der Waals surface area (Å²) in [6.07, 6.45) is 5.11. The molecule has 1 saturated heterocycles. The van der Waals surface area contributed by atoms with Crippen LogP contribution >= 0.6 is 0 Å². The number of aromatic nitrogens is 1. The van der Waals surface area contributed by atoms with Gasteiger partial charge in [0.2, 0.25) is 5.91 Å². The molecule has 0 spiro atoms. The maximum absolute atomic E-state index is 12.4. The molecule has 0 unspecified atom stereocenters. The molecule has 6 nitrogen and oxygen atoms in total. The lowest BCUT2D eigenvalue weighted by atomic mass is 10.1. The minimum Gasteiger partial charge on any atom is -0.488 e. The normalized spacial score (nSPS) is 17.0. The van der Waals surface area contributed by atoms with Crippen LogP contribution in [0.4, 0.5) is 0 Å². The van der Waals surface area contributed by atoms with Crippen molar-refractivity contribution in [2.75, 3.05) is 19.6 Å². The van der Waals surface area contributed by atoms with Crippen LogP contribution in [-0.2, 0) is 4.79 Å². The van der Waals surface area contributed by atoms with E-state index < -0.39 is 0 Å². The van der Waals surface area contributed by atoms with E-state index >= 15 is 0 Å². The van der Waals surface area contributed by atoms with Crippen molar-refractivity contribution in [3.8, 4) is 5.75 Å². The Kier molecular flexibility index (Phi) is 5.61. The van der Waals surface area contributed by atoms with Crippen molar-refractivity contribution in [2.24, 2.45) is 0 Å². The fraction of sp³-hybridized carbons (Fsp3) is 0.316. The molecule has 3 rings (SSSR count). The number of carbonyl (C=O) groups excluding carboxylic acids is 2. The van der Waals surface area contributed by atoms with Gasteiger partial charge in [-0.2, -0.15) is 0 Å². The molecule has 1 atom stereocenters. The van der Waals surface area contributed by atoms with Crippen LogP contribution < -0.4 is 10.1 Å². The number of rotatable bonds is 5. The van der Waals surface area contributed by atoms with Crippen molar-refractivity contribution < 1.29 is 14.3 Å². The number of nitrogens with one attached hydrogen (secondary N) is 1. The van der Waals surface area contributed by atoms with Crippen LogP contribution in [-0.4, -0.2) is 47.4 Å². The van der Waals surface area contributed by atoms with Crippen molar-refractivity contribution in [1.29, 1.82) is 0 Å². The molecule has 130 valence electrons. The summed E-state index contributed by atoms with van der Waals surface area (Å²) >= 11 is 0. The van der Waals surface area contributed by atoms with E-state index in [9.17, 15) is 9.59 Å². The largest absolute Gasteiger partial charge is 0.488 e. The monoisotopic (exact) mass is 339 g/mol. The van der Waals surface area contributed by atoms with Crippen molar-refractivity contribution in [3.63, 3.8) is 0 Å².